The van der Waals surface area contributed by atoms with E-state index in [9.17, 15) is 4.79 Å². The number of nitrogens with zero attached hydrogens (tertiary/aromatic N) is 1. The molecule has 0 amide bonds. The Morgan fingerprint density at radius 3 is 2.63 bits per heavy atom. The lowest BCUT2D eigenvalue weighted by atomic mass is 9.61. The Morgan fingerprint density at radius 1 is 1.14 bits per heavy atom. The Labute approximate surface area is 211 Å². The molecule has 2 aromatic rings. The van der Waals surface area contributed by atoms with E-state index in [0.29, 0.717) is 24.2 Å². The van der Waals surface area contributed by atoms with Gasteiger partial charge in [-0.1, -0.05) is 37.6 Å². The second-order valence-electron chi connectivity index (χ2n) is 10.3. The van der Waals surface area contributed by atoms with Gasteiger partial charge in [0.2, 0.25) is 0 Å². The van der Waals surface area contributed by atoms with E-state index in [4.69, 9.17) is 9.47 Å². The third-order valence-corrected chi connectivity index (χ3v) is 8.12. The first-order valence-electron chi connectivity index (χ1n) is 13.4. The van der Waals surface area contributed by atoms with Crippen molar-refractivity contribution >= 4 is 6.29 Å². The summed E-state index contributed by atoms with van der Waals surface area (Å²) in [6.45, 7) is 8.34. The lowest BCUT2D eigenvalue weighted by Gasteiger charge is -2.49. The molecule has 0 spiro atoms. The normalized spacial score (nSPS) is 21.9. The summed E-state index contributed by atoms with van der Waals surface area (Å²) in [6, 6.07) is 16.4. The first-order valence-corrected chi connectivity index (χ1v) is 13.4. The first kappa shape index (κ1) is 25.9. The molecule has 1 N–H and O–H groups in total. The topological polar surface area (TPSA) is 50.8 Å². The zero-order valence-corrected chi connectivity index (χ0v) is 21.5. The summed E-state index contributed by atoms with van der Waals surface area (Å²) in [5, 5.41) is 3.77. The SMILES string of the molecule is CCCC(CC1(C2CCN(CCCOc3ccc(C=O)cc3)CC2)CNCc2ccccc21)OC. The molecular formula is C30H42N2O3. The molecular weight excluding hydrogens is 436 g/mol. The number of fused-ring (bicyclic) bond motifs is 1. The van der Waals surface area contributed by atoms with Crippen LogP contribution in [0.15, 0.2) is 48.5 Å². The number of rotatable bonds is 12. The van der Waals surface area contributed by atoms with Crippen LogP contribution in [0, 0.1) is 5.92 Å². The number of aldehydes is 1. The third-order valence-electron chi connectivity index (χ3n) is 8.12. The van der Waals surface area contributed by atoms with E-state index in [2.05, 4.69) is 41.4 Å². The van der Waals surface area contributed by atoms with E-state index in [0.717, 1.165) is 70.4 Å². The molecule has 5 nitrogen and oxygen atoms in total. The average molecular weight is 479 g/mol. The number of carbonyl (C=O) groups is 1. The maximum atomic E-state index is 10.8. The summed E-state index contributed by atoms with van der Waals surface area (Å²) in [6.07, 6.45) is 8.02. The smallest absolute Gasteiger partial charge is 0.150 e. The van der Waals surface area contributed by atoms with Gasteiger partial charge >= 0.3 is 0 Å². The predicted molar refractivity (Wildman–Crippen MR) is 141 cm³/mol. The van der Waals surface area contributed by atoms with Crippen molar-refractivity contribution in [2.24, 2.45) is 5.92 Å². The first-order chi connectivity index (χ1) is 17.2. The lowest BCUT2D eigenvalue weighted by Crippen LogP contribution is -2.53. The van der Waals surface area contributed by atoms with Crippen LogP contribution >= 0.6 is 0 Å². The number of likely N-dealkylation sites (tertiary alicyclic amines) is 1. The number of ether oxygens (including phenoxy) is 2. The molecule has 190 valence electrons. The van der Waals surface area contributed by atoms with Gasteiger partial charge in [0.15, 0.2) is 0 Å². The van der Waals surface area contributed by atoms with Gasteiger partial charge in [0.1, 0.15) is 12.0 Å². The number of piperidine rings is 1. The zero-order valence-electron chi connectivity index (χ0n) is 21.5. The molecule has 1 saturated heterocycles. The molecule has 35 heavy (non-hydrogen) atoms. The highest BCUT2D eigenvalue weighted by atomic mass is 16.5. The van der Waals surface area contributed by atoms with Crippen molar-refractivity contribution in [3.63, 3.8) is 0 Å². The standard InChI is InChI=1S/C30H42N2O3/c1-3-7-28(34-2)20-30(23-31-21-25-8-4-5-9-29(25)30)26-14-17-32(18-15-26)16-6-19-35-27-12-10-24(22-33)11-13-27/h4-5,8-13,22,26,28,31H,3,6-7,14-21,23H2,1-2H3. The third kappa shape index (κ3) is 6.32. The van der Waals surface area contributed by atoms with Crippen molar-refractivity contribution < 1.29 is 14.3 Å². The van der Waals surface area contributed by atoms with Gasteiger partial charge in [-0.2, -0.15) is 0 Å². The molecule has 4 rings (SSSR count). The van der Waals surface area contributed by atoms with Gasteiger partial charge in [0.25, 0.3) is 0 Å². The summed E-state index contributed by atoms with van der Waals surface area (Å²) < 4.78 is 11.9. The molecule has 2 aliphatic heterocycles. The van der Waals surface area contributed by atoms with Crippen LogP contribution in [-0.2, 0) is 16.7 Å². The molecule has 0 radical (unpaired) electrons. The molecule has 0 saturated carbocycles. The van der Waals surface area contributed by atoms with Crippen LogP contribution in [0.4, 0.5) is 0 Å². The maximum absolute atomic E-state index is 10.8. The highest BCUT2D eigenvalue weighted by Crippen LogP contribution is 2.45. The fourth-order valence-electron chi connectivity index (χ4n) is 6.25. The minimum Gasteiger partial charge on any atom is -0.494 e. The van der Waals surface area contributed by atoms with Crippen LogP contribution in [-0.4, -0.2) is 57.2 Å². The molecule has 2 aromatic carbocycles. The summed E-state index contributed by atoms with van der Waals surface area (Å²) in [5.74, 6) is 1.49. The number of hydrogen-bond donors (Lipinski definition) is 1. The summed E-state index contributed by atoms with van der Waals surface area (Å²) >= 11 is 0. The zero-order chi connectivity index (χ0) is 24.5. The second kappa shape index (κ2) is 12.7. The number of methoxy groups -OCH3 is 1. The van der Waals surface area contributed by atoms with Crippen molar-refractivity contribution in [2.75, 3.05) is 39.9 Å². The summed E-state index contributed by atoms with van der Waals surface area (Å²) in [5.41, 5.74) is 3.85. The van der Waals surface area contributed by atoms with Crippen molar-refractivity contribution in [3.05, 3.63) is 65.2 Å². The number of carbonyl (C=O) groups excluding carboxylic acids is 1. The predicted octanol–water partition coefficient (Wildman–Crippen LogP) is 5.23. The molecule has 1 fully saturated rings. The van der Waals surface area contributed by atoms with Crippen molar-refractivity contribution in [2.45, 2.75) is 63.5 Å². The van der Waals surface area contributed by atoms with E-state index in [1.807, 2.05) is 19.2 Å². The van der Waals surface area contributed by atoms with Crippen LogP contribution < -0.4 is 10.1 Å². The average Bonchev–Trinajstić information content (AvgIpc) is 2.91. The summed E-state index contributed by atoms with van der Waals surface area (Å²) in [4.78, 5) is 13.4. The minimum atomic E-state index is 0.146. The van der Waals surface area contributed by atoms with E-state index in [1.54, 1.807) is 17.7 Å². The van der Waals surface area contributed by atoms with Crippen LogP contribution in [0.2, 0.25) is 0 Å². The molecule has 2 unspecified atom stereocenters. The van der Waals surface area contributed by atoms with E-state index < -0.39 is 0 Å². The van der Waals surface area contributed by atoms with Crippen LogP contribution in [0.5, 0.6) is 5.75 Å². The Kier molecular flexibility index (Phi) is 9.36. The highest BCUT2D eigenvalue weighted by molar-refractivity contribution is 5.74. The molecule has 0 aliphatic carbocycles. The van der Waals surface area contributed by atoms with Gasteiger partial charge in [-0.25, -0.2) is 0 Å². The highest BCUT2D eigenvalue weighted by Gasteiger charge is 2.45. The summed E-state index contributed by atoms with van der Waals surface area (Å²) in [7, 11) is 1.89. The minimum absolute atomic E-state index is 0.146. The Hall–Kier alpha value is -2.21. The van der Waals surface area contributed by atoms with Gasteiger partial charge in [0, 0.05) is 37.7 Å². The fraction of sp³-hybridized carbons (Fsp3) is 0.567. The van der Waals surface area contributed by atoms with Gasteiger partial charge < -0.3 is 19.7 Å². The number of hydrogen-bond acceptors (Lipinski definition) is 5. The quantitative estimate of drug-likeness (QED) is 0.335. The molecule has 2 atom stereocenters. The van der Waals surface area contributed by atoms with Crippen LogP contribution in [0.1, 0.15) is 66.9 Å². The van der Waals surface area contributed by atoms with E-state index in [-0.39, 0.29) is 5.41 Å². The van der Waals surface area contributed by atoms with Crippen molar-refractivity contribution in [1.29, 1.82) is 0 Å². The van der Waals surface area contributed by atoms with Gasteiger partial charge in [-0.05, 0) is 86.5 Å². The Balaban J connectivity index is 1.34. The maximum Gasteiger partial charge on any atom is 0.150 e. The van der Waals surface area contributed by atoms with Crippen molar-refractivity contribution in [1.82, 2.24) is 10.2 Å². The monoisotopic (exact) mass is 478 g/mol. The Morgan fingerprint density at radius 2 is 1.91 bits per heavy atom. The molecule has 5 heteroatoms. The van der Waals surface area contributed by atoms with Gasteiger partial charge in [-0.3, -0.25) is 4.79 Å². The van der Waals surface area contributed by atoms with Crippen LogP contribution in [0.3, 0.4) is 0 Å². The number of nitrogens with one attached hydrogen (secondary N) is 1. The van der Waals surface area contributed by atoms with Crippen molar-refractivity contribution in [3.8, 4) is 5.75 Å². The van der Waals surface area contributed by atoms with E-state index in [1.165, 1.54) is 18.4 Å². The van der Waals surface area contributed by atoms with Gasteiger partial charge in [-0.15, -0.1) is 0 Å². The molecule has 0 bridgehead atoms. The molecule has 2 heterocycles. The second-order valence-corrected chi connectivity index (χ2v) is 10.3. The molecule has 2 aliphatic rings. The van der Waals surface area contributed by atoms with E-state index >= 15 is 0 Å². The lowest BCUT2D eigenvalue weighted by molar-refractivity contribution is 0.0318. The fourth-order valence-corrected chi connectivity index (χ4v) is 6.25. The van der Waals surface area contributed by atoms with Crippen LogP contribution in [0.25, 0.3) is 0 Å². The molecule has 0 aromatic heterocycles. The Bertz CT molecular complexity index is 923. The largest absolute Gasteiger partial charge is 0.494 e. The number of benzene rings is 2. The van der Waals surface area contributed by atoms with Gasteiger partial charge in [0.05, 0.1) is 12.7 Å².